The summed E-state index contributed by atoms with van der Waals surface area (Å²) in [4.78, 5) is 15.9. The second kappa shape index (κ2) is 7.27. The summed E-state index contributed by atoms with van der Waals surface area (Å²) in [6.07, 6.45) is 0.792. The van der Waals surface area contributed by atoms with Crippen LogP contribution in [-0.4, -0.2) is 18.0 Å². The van der Waals surface area contributed by atoms with E-state index >= 15 is 0 Å². The van der Waals surface area contributed by atoms with Crippen LogP contribution >= 0.6 is 11.3 Å². The van der Waals surface area contributed by atoms with E-state index in [1.165, 1.54) is 12.5 Å². The zero-order valence-corrected chi connectivity index (χ0v) is 14.4. The zero-order chi connectivity index (χ0) is 16.9. The molecular weight excluding hydrogens is 320 g/mol. The van der Waals surface area contributed by atoms with E-state index < -0.39 is 0 Å². The number of hydrogen-bond donors (Lipinski definition) is 1. The molecule has 0 spiro atoms. The number of nitrogens with one attached hydrogen (secondary N) is 1. The van der Waals surface area contributed by atoms with Crippen LogP contribution in [0, 0.1) is 0 Å². The Balaban J connectivity index is 1.76. The van der Waals surface area contributed by atoms with E-state index in [9.17, 15) is 4.79 Å². The topological polar surface area (TPSA) is 51.2 Å². The number of methoxy groups -OCH3 is 1. The number of nitrogens with zero attached hydrogens (tertiary/aromatic N) is 1. The fraction of sp³-hybridized carbons (Fsp3) is 0.158. The summed E-state index contributed by atoms with van der Waals surface area (Å²) in [6, 6.07) is 15.7. The third kappa shape index (κ3) is 4.00. The largest absolute Gasteiger partial charge is 0.497 e. The summed E-state index contributed by atoms with van der Waals surface area (Å²) in [7, 11) is 1.66. The van der Waals surface area contributed by atoms with Gasteiger partial charge in [0.25, 0.3) is 0 Å². The van der Waals surface area contributed by atoms with Crippen molar-refractivity contribution in [1.82, 2.24) is 4.98 Å². The van der Waals surface area contributed by atoms with Gasteiger partial charge in [0.1, 0.15) is 5.75 Å². The maximum absolute atomic E-state index is 11.2. The fourth-order valence-electron chi connectivity index (χ4n) is 2.40. The molecule has 3 aromatic rings. The molecule has 5 heteroatoms. The van der Waals surface area contributed by atoms with E-state index in [1.54, 1.807) is 18.4 Å². The van der Waals surface area contributed by atoms with Crippen molar-refractivity contribution in [2.75, 3.05) is 12.4 Å². The molecule has 0 saturated carbocycles. The van der Waals surface area contributed by atoms with Gasteiger partial charge in [-0.15, -0.1) is 11.3 Å². The number of thiazole rings is 1. The summed E-state index contributed by atoms with van der Waals surface area (Å²) in [5, 5.41) is 5.90. The molecule has 0 bridgehead atoms. The molecule has 0 atom stereocenters. The molecule has 0 aliphatic rings. The summed E-state index contributed by atoms with van der Waals surface area (Å²) >= 11 is 1.64. The predicted molar refractivity (Wildman–Crippen MR) is 97.7 cm³/mol. The van der Waals surface area contributed by atoms with Crippen LogP contribution in [-0.2, 0) is 11.2 Å². The SMILES string of the molecule is COc1ccc(Cc2nc(-c3cccc(NC(C)=O)c3)cs2)cc1. The summed E-state index contributed by atoms with van der Waals surface area (Å²) in [5.74, 6) is 0.777. The normalized spacial score (nSPS) is 10.4. The first kappa shape index (κ1) is 16.2. The van der Waals surface area contributed by atoms with Gasteiger partial charge in [-0.05, 0) is 29.8 Å². The Kier molecular flexibility index (Phi) is 4.91. The Morgan fingerprint density at radius 2 is 2.00 bits per heavy atom. The van der Waals surface area contributed by atoms with Gasteiger partial charge in [0.05, 0.1) is 17.8 Å². The maximum Gasteiger partial charge on any atom is 0.221 e. The molecule has 1 amide bonds. The van der Waals surface area contributed by atoms with E-state index in [-0.39, 0.29) is 5.91 Å². The number of carbonyl (C=O) groups is 1. The monoisotopic (exact) mass is 338 g/mol. The van der Waals surface area contributed by atoms with E-state index in [0.29, 0.717) is 0 Å². The Bertz CT molecular complexity index is 841. The number of ether oxygens (including phenoxy) is 1. The van der Waals surface area contributed by atoms with Crippen molar-refractivity contribution >= 4 is 22.9 Å². The van der Waals surface area contributed by atoms with Crippen molar-refractivity contribution in [3.63, 3.8) is 0 Å². The van der Waals surface area contributed by atoms with Crippen LogP contribution in [0.2, 0.25) is 0 Å². The quantitative estimate of drug-likeness (QED) is 0.751. The highest BCUT2D eigenvalue weighted by atomic mass is 32.1. The Hall–Kier alpha value is -2.66. The molecule has 0 aliphatic carbocycles. The Labute approximate surface area is 145 Å². The summed E-state index contributed by atoms with van der Waals surface area (Å²) in [6.45, 7) is 1.50. The summed E-state index contributed by atoms with van der Waals surface area (Å²) in [5.41, 5.74) is 3.91. The summed E-state index contributed by atoms with van der Waals surface area (Å²) < 4.78 is 5.18. The van der Waals surface area contributed by atoms with Crippen LogP contribution in [0.5, 0.6) is 5.75 Å². The highest BCUT2D eigenvalue weighted by molar-refractivity contribution is 7.10. The van der Waals surface area contributed by atoms with Gasteiger partial charge in [-0.25, -0.2) is 4.98 Å². The minimum absolute atomic E-state index is 0.0781. The fourth-order valence-corrected chi connectivity index (χ4v) is 3.24. The van der Waals surface area contributed by atoms with Crippen LogP contribution in [0.3, 0.4) is 0 Å². The lowest BCUT2D eigenvalue weighted by atomic mass is 10.1. The molecule has 3 rings (SSSR count). The number of benzene rings is 2. The van der Waals surface area contributed by atoms with Crippen molar-refractivity contribution in [3.05, 3.63) is 64.5 Å². The lowest BCUT2D eigenvalue weighted by Crippen LogP contribution is -2.05. The van der Waals surface area contributed by atoms with Gasteiger partial charge in [-0.3, -0.25) is 4.79 Å². The second-order valence-corrected chi connectivity index (χ2v) is 6.36. The van der Waals surface area contributed by atoms with Gasteiger partial charge < -0.3 is 10.1 Å². The number of aromatic nitrogens is 1. The average molecular weight is 338 g/mol. The molecule has 0 unspecified atom stereocenters. The van der Waals surface area contributed by atoms with Crippen LogP contribution < -0.4 is 10.1 Å². The lowest BCUT2D eigenvalue weighted by molar-refractivity contribution is -0.114. The molecule has 0 aliphatic heterocycles. The van der Waals surface area contributed by atoms with Crippen molar-refractivity contribution in [2.24, 2.45) is 0 Å². The van der Waals surface area contributed by atoms with Crippen molar-refractivity contribution < 1.29 is 9.53 Å². The van der Waals surface area contributed by atoms with Crippen molar-refractivity contribution in [2.45, 2.75) is 13.3 Å². The van der Waals surface area contributed by atoms with E-state index in [0.717, 1.165) is 34.1 Å². The van der Waals surface area contributed by atoms with Crippen molar-refractivity contribution in [3.8, 4) is 17.0 Å². The Morgan fingerprint density at radius 1 is 1.21 bits per heavy atom. The van der Waals surface area contributed by atoms with Crippen LogP contribution in [0.1, 0.15) is 17.5 Å². The van der Waals surface area contributed by atoms with Gasteiger partial charge in [-0.1, -0.05) is 24.3 Å². The first-order valence-electron chi connectivity index (χ1n) is 7.59. The maximum atomic E-state index is 11.2. The first-order chi connectivity index (χ1) is 11.6. The predicted octanol–water partition coefficient (Wildman–Crippen LogP) is 4.37. The minimum atomic E-state index is -0.0781. The van der Waals surface area contributed by atoms with E-state index in [4.69, 9.17) is 9.72 Å². The zero-order valence-electron chi connectivity index (χ0n) is 13.6. The molecule has 0 saturated heterocycles. The number of hydrogen-bond acceptors (Lipinski definition) is 4. The molecule has 2 aromatic carbocycles. The first-order valence-corrected chi connectivity index (χ1v) is 8.47. The highest BCUT2D eigenvalue weighted by Gasteiger charge is 2.07. The molecule has 4 nitrogen and oxygen atoms in total. The van der Waals surface area contributed by atoms with Crippen molar-refractivity contribution in [1.29, 1.82) is 0 Å². The van der Waals surface area contributed by atoms with Gasteiger partial charge >= 0.3 is 0 Å². The molecule has 1 N–H and O–H groups in total. The molecule has 122 valence electrons. The Morgan fingerprint density at radius 3 is 2.71 bits per heavy atom. The smallest absolute Gasteiger partial charge is 0.221 e. The van der Waals surface area contributed by atoms with Gasteiger partial charge in [-0.2, -0.15) is 0 Å². The lowest BCUT2D eigenvalue weighted by Gasteiger charge is -2.04. The van der Waals surface area contributed by atoms with Crippen LogP contribution in [0.25, 0.3) is 11.3 Å². The van der Waals surface area contributed by atoms with Gasteiger partial charge in [0.2, 0.25) is 5.91 Å². The molecule has 1 heterocycles. The molecule has 0 fully saturated rings. The third-order valence-electron chi connectivity index (χ3n) is 3.54. The molecule has 1 aromatic heterocycles. The van der Waals surface area contributed by atoms with E-state index in [1.807, 2.05) is 41.8 Å². The van der Waals surface area contributed by atoms with Gasteiger partial charge in [0, 0.05) is 30.0 Å². The molecular formula is C19H18N2O2S. The third-order valence-corrected chi connectivity index (χ3v) is 4.39. The van der Waals surface area contributed by atoms with Crippen LogP contribution in [0.4, 0.5) is 5.69 Å². The van der Waals surface area contributed by atoms with Crippen LogP contribution in [0.15, 0.2) is 53.9 Å². The van der Waals surface area contributed by atoms with Gasteiger partial charge in [0.15, 0.2) is 0 Å². The average Bonchev–Trinajstić information content (AvgIpc) is 3.04. The number of amides is 1. The second-order valence-electron chi connectivity index (χ2n) is 5.41. The number of carbonyl (C=O) groups excluding carboxylic acids is 1. The highest BCUT2D eigenvalue weighted by Crippen LogP contribution is 2.26. The number of rotatable bonds is 5. The molecule has 24 heavy (non-hydrogen) atoms. The number of anilines is 1. The molecule has 0 radical (unpaired) electrons. The van der Waals surface area contributed by atoms with E-state index in [2.05, 4.69) is 17.4 Å². The minimum Gasteiger partial charge on any atom is -0.497 e. The standard InChI is InChI=1S/C19H18N2O2S/c1-13(22)20-16-5-3-4-15(11-16)18-12-24-19(21-18)10-14-6-8-17(23-2)9-7-14/h3-9,11-12H,10H2,1-2H3,(H,20,22).